The number of nitrogens with one attached hydrogen (secondary N) is 1. The van der Waals surface area contributed by atoms with Crippen LogP contribution < -0.4 is 24.4 Å². The molecule has 0 heterocycles. The van der Waals surface area contributed by atoms with Crippen LogP contribution in [0.25, 0.3) is 0 Å². The van der Waals surface area contributed by atoms with E-state index in [0.717, 1.165) is 11.3 Å². The number of ether oxygens (including phenoxy) is 3. The summed E-state index contributed by atoms with van der Waals surface area (Å²) in [5.41, 5.74) is 1.77. The lowest BCUT2D eigenvalue weighted by Crippen LogP contribution is -2.38. The van der Waals surface area contributed by atoms with Gasteiger partial charge in [0.2, 0.25) is 0 Å². The zero-order valence-electron chi connectivity index (χ0n) is 15.0. The Hall–Kier alpha value is -2.89. The smallest absolute Gasteiger partial charge is 0.321 e. The van der Waals surface area contributed by atoms with Crippen molar-refractivity contribution in [1.29, 1.82) is 0 Å². The van der Waals surface area contributed by atoms with Crippen molar-refractivity contribution < 1.29 is 19.0 Å². The molecule has 2 amide bonds. The first kappa shape index (κ1) is 18.4. The van der Waals surface area contributed by atoms with Gasteiger partial charge in [0.05, 0.1) is 21.3 Å². The number of nitrogens with zero attached hydrogens (tertiary/aromatic N) is 1. The van der Waals surface area contributed by atoms with Gasteiger partial charge in [0, 0.05) is 25.3 Å². The van der Waals surface area contributed by atoms with E-state index >= 15 is 0 Å². The Morgan fingerprint density at radius 3 is 2.32 bits per heavy atom. The molecule has 25 heavy (non-hydrogen) atoms. The molecule has 2 aromatic carbocycles. The number of anilines is 1. The lowest BCUT2D eigenvalue weighted by Gasteiger charge is -2.19. The van der Waals surface area contributed by atoms with E-state index in [9.17, 15) is 4.79 Å². The van der Waals surface area contributed by atoms with E-state index in [4.69, 9.17) is 14.2 Å². The monoisotopic (exact) mass is 344 g/mol. The Balaban J connectivity index is 1.96. The van der Waals surface area contributed by atoms with Crippen molar-refractivity contribution in [2.75, 3.05) is 39.8 Å². The van der Waals surface area contributed by atoms with Crippen LogP contribution in [0, 0.1) is 0 Å². The molecule has 0 aromatic heterocycles. The first-order valence-electron chi connectivity index (χ1n) is 7.96. The molecule has 1 N–H and O–H groups in total. The molecule has 0 bridgehead atoms. The van der Waals surface area contributed by atoms with Crippen LogP contribution in [-0.2, 0) is 6.42 Å². The van der Waals surface area contributed by atoms with Crippen LogP contribution in [-0.4, -0.2) is 41.0 Å². The number of hydrogen-bond acceptors (Lipinski definition) is 4. The lowest BCUT2D eigenvalue weighted by atomic mass is 10.1. The molecular formula is C19H24N2O4. The van der Waals surface area contributed by atoms with Gasteiger partial charge in [0.25, 0.3) is 0 Å². The third-order valence-corrected chi connectivity index (χ3v) is 3.92. The topological polar surface area (TPSA) is 60.0 Å². The van der Waals surface area contributed by atoms with Crippen LogP contribution in [0.1, 0.15) is 5.56 Å². The Kier molecular flexibility index (Phi) is 6.51. The number of carbonyl (C=O) groups excluding carboxylic acids is 1. The van der Waals surface area contributed by atoms with Crippen molar-refractivity contribution in [2.45, 2.75) is 6.42 Å². The minimum Gasteiger partial charge on any atom is -0.496 e. The van der Waals surface area contributed by atoms with Crippen LogP contribution in [0.5, 0.6) is 17.2 Å². The minimum atomic E-state index is -0.192. The van der Waals surface area contributed by atoms with Crippen molar-refractivity contribution in [1.82, 2.24) is 5.32 Å². The summed E-state index contributed by atoms with van der Waals surface area (Å²) in [4.78, 5) is 13.9. The Morgan fingerprint density at radius 1 is 0.960 bits per heavy atom. The van der Waals surface area contributed by atoms with E-state index in [1.54, 1.807) is 46.6 Å². The SMILES string of the molecule is COc1ccccc1CCNC(=O)N(C)c1ccc(OC)c(OC)c1. The second-order valence-electron chi connectivity index (χ2n) is 5.39. The van der Waals surface area contributed by atoms with E-state index in [0.29, 0.717) is 30.2 Å². The number of carbonyl (C=O) groups is 1. The summed E-state index contributed by atoms with van der Waals surface area (Å²) in [6.07, 6.45) is 0.690. The first-order chi connectivity index (χ1) is 12.1. The predicted molar refractivity (Wildman–Crippen MR) is 98.0 cm³/mol. The maximum absolute atomic E-state index is 12.4. The van der Waals surface area contributed by atoms with Gasteiger partial charge in [-0.25, -0.2) is 4.79 Å². The van der Waals surface area contributed by atoms with Crippen molar-refractivity contribution in [3.63, 3.8) is 0 Å². The van der Waals surface area contributed by atoms with E-state index in [1.807, 2.05) is 24.3 Å². The van der Waals surface area contributed by atoms with Gasteiger partial charge in [-0.3, -0.25) is 4.90 Å². The summed E-state index contributed by atoms with van der Waals surface area (Å²) in [6, 6.07) is 12.9. The molecular weight excluding hydrogens is 320 g/mol. The maximum Gasteiger partial charge on any atom is 0.321 e. The Morgan fingerprint density at radius 2 is 1.64 bits per heavy atom. The lowest BCUT2D eigenvalue weighted by molar-refractivity contribution is 0.247. The molecule has 0 saturated heterocycles. The number of benzene rings is 2. The predicted octanol–water partition coefficient (Wildman–Crippen LogP) is 3.10. The number of urea groups is 1. The molecule has 6 heteroatoms. The van der Waals surface area contributed by atoms with Crippen molar-refractivity contribution in [3.8, 4) is 17.2 Å². The zero-order chi connectivity index (χ0) is 18.2. The van der Waals surface area contributed by atoms with Crippen LogP contribution in [0.4, 0.5) is 10.5 Å². The zero-order valence-corrected chi connectivity index (χ0v) is 15.0. The fourth-order valence-electron chi connectivity index (χ4n) is 2.48. The molecule has 6 nitrogen and oxygen atoms in total. The quantitative estimate of drug-likeness (QED) is 0.838. The number of hydrogen-bond donors (Lipinski definition) is 1. The van der Waals surface area contributed by atoms with E-state index in [2.05, 4.69) is 5.32 Å². The van der Waals surface area contributed by atoms with Crippen molar-refractivity contribution in [2.24, 2.45) is 0 Å². The van der Waals surface area contributed by atoms with Crippen LogP contribution in [0.3, 0.4) is 0 Å². The number of amides is 2. The first-order valence-corrected chi connectivity index (χ1v) is 7.96. The van der Waals surface area contributed by atoms with Crippen LogP contribution in [0.2, 0.25) is 0 Å². The van der Waals surface area contributed by atoms with Crippen LogP contribution in [0.15, 0.2) is 42.5 Å². The molecule has 134 valence electrons. The standard InChI is InChI=1S/C19H24N2O4/c1-21(15-9-10-17(24-3)18(13-15)25-4)19(22)20-12-11-14-7-5-6-8-16(14)23-2/h5-10,13H,11-12H2,1-4H3,(H,20,22). The van der Waals surface area contributed by atoms with Gasteiger partial charge in [-0.15, -0.1) is 0 Å². The second-order valence-corrected chi connectivity index (χ2v) is 5.39. The average Bonchev–Trinajstić information content (AvgIpc) is 2.66. The molecule has 0 aliphatic heterocycles. The normalized spacial score (nSPS) is 10.1. The summed E-state index contributed by atoms with van der Waals surface area (Å²) in [7, 11) is 6.49. The summed E-state index contributed by atoms with van der Waals surface area (Å²) in [5.74, 6) is 2.02. The van der Waals surface area contributed by atoms with E-state index in [-0.39, 0.29) is 6.03 Å². The summed E-state index contributed by atoms with van der Waals surface area (Å²) in [5, 5.41) is 2.91. The molecule has 0 radical (unpaired) electrons. The summed E-state index contributed by atoms with van der Waals surface area (Å²) < 4.78 is 15.8. The fourth-order valence-corrected chi connectivity index (χ4v) is 2.48. The van der Waals surface area contributed by atoms with Gasteiger partial charge in [-0.05, 0) is 30.2 Å². The minimum absolute atomic E-state index is 0.192. The number of para-hydroxylation sites is 1. The molecule has 0 aliphatic carbocycles. The third kappa shape index (κ3) is 4.56. The number of rotatable bonds is 7. The van der Waals surface area contributed by atoms with Crippen molar-refractivity contribution in [3.05, 3.63) is 48.0 Å². The molecule has 0 fully saturated rings. The largest absolute Gasteiger partial charge is 0.496 e. The Labute approximate surface area is 148 Å². The average molecular weight is 344 g/mol. The Bertz CT molecular complexity index is 718. The molecule has 2 aromatic rings. The van der Waals surface area contributed by atoms with E-state index < -0.39 is 0 Å². The highest BCUT2D eigenvalue weighted by molar-refractivity contribution is 5.91. The molecule has 0 atom stereocenters. The maximum atomic E-state index is 12.4. The van der Waals surface area contributed by atoms with Gasteiger partial charge in [-0.1, -0.05) is 18.2 Å². The van der Waals surface area contributed by atoms with Gasteiger partial charge in [0.1, 0.15) is 5.75 Å². The molecule has 2 rings (SSSR count). The summed E-state index contributed by atoms with van der Waals surface area (Å²) >= 11 is 0. The van der Waals surface area contributed by atoms with Crippen molar-refractivity contribution >= 4 is 11.7 Å². The van der Waals surface area contributed by atoms with Crippen LogP contribution >= 0.6 is 0 Å². The van der Waals surface area contributed by atoms with Gasteiger partial charge in [-0.2, -0.15) is 0 Å². The fraction of sp³-hybridized carbons (Fsp3) is 0.316. The third-order valence-electron chi connectivity index (χ3n) is 3.92. The molecule has 0 aliphatic rings. The highest BCUT2D eigenvalue weighted by Gasteiger charge is 2.13. The van der Waals surface area contributed by atoms with Gasteiger partial charge >= 0.3 is 6.03 Å². The highest BCUT2D eigenvalue weighted by atomic mass is 16.5. The molecule has 0 unspecified atom stereocenters. The molecule has 0 saturated carbocycles. The molecule has 0 spiro atoms. The second kappa shape index (κ2) is 8.82. The van der Waals surface area contributed by atoms with Gasteiger partial charge < -0.3 is 19.5 Å². The number of methoxy groups -OCH3 is 3. The van der Waals surface area contributed by atoms with E-state index in [1.165, 1.54) is 4.90 Å². The van der Waals surface area contributed by atoms with Gasteiger partial charge in [0.15, 0.2) is 11.5 Å². The summed E-state index contributed by atoms with van der Waals surface area (Å²) in [6.45, 7) is 0.511. The highest BCUT2D eigenvalue weighted by Crippen LogP contribution is 2.31.